The molecule has 0 aromatic heterocycles. The minimum absolute atomic E-state index is 0.0758. The van der Waals surface area contributed by atoms with Crippen molar-refractivity contribution >= 4 is 0 Å². The van der Waals surface area contributed by atoms with Crippen molar-refractivity contribution in [1.82, 2.24) is 0 Å². The minimum atomic E-state index is -1.58. The van der Waals surface area contributed by atoms with Gasteiger partial charge in [-0.25, -0.2) is 0 Å². The van der Waals surface area contributed by atoms with Crippen LogP contribution in [0.2, 0.25) is 0 Å². The Balaban J connectivity index is 1.81. The van der Waals surface area contributed by atoms with Crippen LogP contribution in [0.25, 0.3) is 0 Å². The van der Waals surface area contributed by atoms with Crippen molar-refractivity contribution in [2.75, 3.05) is 20.3 Å². The van der Waals surface area contributed by atoms with Crippen LogP contribution in [0.1, 0.15) is 47.0 Å². The van der Waals surface area contributed by atoms with Crippen LogP contribution < -0.4 is 0 Å². The van der Waals surface area contributed by atoms with Crippen molar-refractivity contribution in [1.29, 1.82) is 0 Å². The van der Waals surface area contributed by atoms with E-state index in [2.05, 4.69) is 6.08 Å². The van der Waals surface area contributed by atoms with Gasteiger partial charge < -0.3 is 44.8 Å². The maximum absolute atomic E-state index is 11.8. The molecule has 4 aliphatic rings. The fraction of sp³-hybridized carbons (Fsp3) is 0.852. The molecule has 3 aliphatic carbocycles. The first-order valence-electron chi connectivity index (χ1n) is 13.2. The van der Waals surface area contributed by atoms with E-state index in [1.807, 2.05) is 27.7 Å². The SMILES string of the molecule is COC[C@H]1CC[C@@H]2/C1=C\[C@]1(C)C(=C(C(C)C)C[C@@H]1O)[C@@H](O[C@H]1O[C@H](CO)[C@@H](O)[C@H](O)[C@H]1O)[C@H](O)[C@@H]2C. The van der Waals surface area contributed by atoms with Gasteiger partial charge in [-0.2, -0.15) is 0 Å². The zero-order valence-electron chi connectivity index (χ0n) is 21.9. The summed E-state index contributed by atoms with van der Waals surface area (Å²) in [6.07, 6.45) is -5.39. The summed E-state index contributed by atoms with van der Waals surface area (Å²) < 4.78 is 17.5. The summed E-state index contributed by atoms with van der Waals surface area (Å²) in [5, 5.41) is 64.1. The van der Waals surface area contributed by atoms with Crippen LogP contribution in [-0.2, 0) is 14.2 Å². The van der Waals surface area contributed by atoms with Gasteiger partial charge in [-0.15, -0.1) is 0 Å². The smallest absolute Gasteiger partial charge is 0.187 e. The zero-order valence-corrected chi connectivity index (χ0v) is 21.9. The second kappa shape index (κ2) is 10.7. The molecule has 0 aromatic rings. The Morgan fingerprint density at radius 2 is 1.75 bits per heavy atom. The molecular weight excluding hydrogens is 468 g/mol. The number of hydrogen-bond acceptors (Lipinski definition) is 9. The van der Waals surface area contributed by atoms with Gasteiger partial charge in [-0.05, 0) is 49.5 Å². The number of ether oxygens (including phenoxy) is 3. The van der Waals surface area contributed by atoms with E-state index >= 15 is 0 Å². The van der Waals surface area contributed by atoms with E-state index in [1.54, 1.807) is 7.11 Å². The lowest BCUT2D eigenvalue weighted by Gasteiger charge is -2.46. The Kier molecular flexibility index (Phi) is 8.37. The molecule has 0 unspecified atom stereocenters. The van der Waals surface area contributed by atoms with Crippen molar-refractivity contribution < 1.29 is 44.8 Å². The molecule has 0 aromatic carbocycles. The van der Waals surface area contributed by atoms with E-state index < -0.39 is 61.0 Å². The van der Waals surface area contributed by atoms with Crippen LogP contribution in [0.5, 0.6) is 0 Å². The lowest BCUT2D eigenvalue weighted by molar-refractivity contribution is -0.315. The molecule has 1 aliphatic heterocycles. The highest BCUT2D eigenvalue weighted by molar-refractivity contribution is 5.43. The van der Waals surface area contributed by atoms with Gasteiger partial charge in [0.2, 0.25) is 0 Å². The summed E-state index contributed by atoms with van der Waals surface area (Å²) in [7, 11) is 1.69. The Labute approximate surface area is 213 Å². The maximum Gasteiger partial charge on any atom is 0.187 e. The van der Waals surface area contributed by atoms with Gasteiger partial charge in [0, 0.05) is 18.4 Å². The van der Waals surface area contributed by atoms with E-state index in [1.165, 1.54) is 5.57 Å². The third-order valence-electron chi connectivity index (χ3n) is 9.19. The van der Waals surface area contributed by atoms with E-state index in [4.69, 9.17) is 14.2 Å². The highest BCUT2D eigenvalue weighted by Crippen LogP contribution is 2.55. The van der Waals surface area contributed by atoms with Crippen molar-refractivity contribution in [2.24, 2.45) is 29.1 Å². The average Bonchev–Trinajstić information content (AvgIpc) is 3.34. The third kappa shape index (κ3) is 4.61. The second-order valence-corrected chi connectivity index (χ2v) is 11.7. The molecule has 206 valence electrons. The summed E-state index contributed by atoms with van der Waals surface area (Å²) in [6, 6.07) is 0. The van der Waals surface area contributed by atoms with Gasteiger partial charge in [0.25, 0.3) is 0 Å². The predicted molar refractivity (Wildman–Crippen MR) is 131 cm³/mol. The zero-order chi connectivity index (χ0) is 26.5. The molecule has 0 bridgehead atoms. The molecule has 2 fully saturated rings. The fourth-order valence-corrected chi connectivity index (χ4v) is 6.96. The quantitative estimate of drug-likeness (QED) is 0.280. The van der Waals surface area contributed by atoms with E-state index in [9.17, 15) is 30.6 Å². The van der Waals surface area contributed by atoms with E-state index in [0.29, 0.717) is 13.0 Å². The lowest BCUT2D eigenvalue weighted by atomic mass is 9.68. The molecule has 4 rings (SSSR count). The Morgan fingerprint density at radius 3 is 2.36 bits per heavy atom. The first kappa shape index (κ1) is 28.1. The monoisotopic (exact) mass is 512 g/mol. The first-order chi connectivity index (χ1) is 17.0. The van der Waals surface area contributed by atoms with Crippen molar-refractivity contribution in [3.8, 4) is 0 Å². The van der Waals surface area contributed by atoms with Crippen molar-refractivity contribution in [3.63, 3.8) is 0 Å². The normalized spacial score (nSPS) is 48.9. The molecule has 9 heteroatoms. The van der Waals surface area contributed by atoms with Crippen molar-refractivity contribution in [3.05, 3.63) is 22.8 Å². The molecule has 9 nitrogen and oxygen atoms in total. The number of aliphatic hydroxyl groups is 6. The van der Waals surface area contributed by atoms with E-state index in [0.717, 1.165) is 24.0 Å². The number of rotatable bonds is 6. The summed E-state index contributed by atoms with van der Waals surface area (Å²) >= 11 is 0. The molecule has 1 saturated heterocycles. The van der Waals surface area contributed by atoms with Gasteiger partial charge in [0.1, 0.15) is 30.5 Å². The Morgan fingerprint density at radius 1 is 1.06 bits per heavy atom. The van der Waals surface area contributed by atoms with Gasteiger partial charge in [-0.1, -0.05) is 38.0 Å². The topological polar surface area (TPSA) is 149 Å². The molecule has 0 amide bonds. The molecule has 0 radical (unpaired) electrons. The highest BCUT2D eigenvalue weighted by Gasteiger charge is 2.55. The number of methoxy groups -OCH3 is 1. The summed E-state index contributed by atoms with van der Waals surface area (Å²) in [4.78, 5) is 0. The fourth-order valence-electron chi connectivity index (χ4n) is 6.96. The second-order valence-electron chi connectivity index (χ2n) is 11.7. The minimum Gasteiger partial charge on any atom is -0.394 e. The number of hydrogen-bond donors (Lipinski definition) is 6. The molecule has 36 heavy (non-hydrogen) atoms. The summed E-state index contributed by atoms with van der Waals surface area (Å²) in [5.41, 5.74) is 2.15. The maximum atomic E-state index is 11.8. The predicted octanol–water partition coefficient (Wildman–Crippen LogP) is 0.505. The van der Waals surface area contributed by atoms with Crippen LogP contribution in [0.3, 0.4) is 0 Å². The Bertz CT molecular complexity index is 854. The average molecular weight is 513 g/mol. The number of fused-ring (bicyclic) bond motifs is 2. The molecular formula is C27H44O9. The van der Waals surface area contributed by atoms with Gasteiger partial charge in [0.15, 0.2) is 6.29 Å². The van der Waals surface area contributed by atoms with Gasteiger partial charge in [0.05, 0.1) is 25.4 Å². The van der Waals surface area contributed by atoms with Crippen molar-refractivity contribution in [2.45, 2.75) is 96.0 Å². The van der Waals surface area contributed by atoms with E-state index in [-0.39, 0.29) is 23.7 Å². The standard InChI is InChI=1S/C27H44O9/c1-12(2)16-8-19(29)27(4)9-17-14(11-34-5)6-7-15(17)13(3)21(30)25(20(16)27)36-26-24(33)23(32)22(31)18(10-28)35-26/h9,12-15,18-19,21-26,28-33H,6-8,10-11H2,1-5H3/b17-9-/t13-,14-,15+,18-,19+,21-,22-,23+,24-,25-,26-,27+/m1/s1. The van der Waals surface area contributed by atoms with Gasteiger partial charge >= 0.3 is 0 Å². The summed E-state index contributed by atoms with van der Waals surface area (Å²) in [6.45, 7) is 8.06. The van der Waals surface area contributed by atoms with Crippen LogP contribution in [-0.4, -0.2) is 100.0 Å². The number of aliphatic hydroxyl groups excluding tert-OH is 6. The summed E-state index contributed by atoms with van der Waals surface area (Å²) in [5.74, 6) is 0.170. The Hall–Kier alpha value is -0.880. The third-order valence-corrected chi connectivity index (χ3v) is 9.19. The molecule has 1 heterocycles. The molecule has 6 N–H and O–H groups in total. The van der Waals surface area contributed by atoms with Crippen LogP contribution in [0.15, 0.2) is 22.8 Å². The van der Waals surface area contributed by atoms with Gasteiger partial charge in [-0.3, -0.25) is 0 Å². The van der Waals surface area contributed by atoms with Crippen LogP contribution in [0.4, 0.5) is 0 Å². The molecule has 1 saturated carbocycles. The lowest BCUT2D eigenvalue weighted by Crippen LogP contribution is -2.60. The van der Waals surface area contributed by atoms with Crippen LogP contribution >= 0.6 is 0 Å². The highest BCUT2D eigenvalue weighted by atomic mass is 16.7. The van der Waals surface area contributed by atoms with Crippen LogP contribution in [0, 0.1) is 29.1 Å². The largest absolute Gasteiger partial charge is 0.394 e. The molecule has 0 spiro atoms. The molecule has 12 atom stereocenters. The first-order valence-corrected chi connectivity index (χ1v) is 13.2.